The lowest BCUT2D eigenvalue weighted by atomic mass is 10.1. The number of hydrogen-bond acceptors (Lipinski definition) is 6. The summed E-state index contributed by atoms with van der Waals surface area (Å²) in [6.07, 6.45) is -3.28. The average Bonchev–Trinajstić information content (AvgIpc) is 2.73. The molecular formula is C20H19F3N6O2. The van der Waals surface area contributed by atoms with Crippen LogP contribution in [0.25, 0.3) is 11.0 Å². The van der Waals surface area contributed by atoms with Crippen molar-refractivity contribution in [3.8, 4) is 0 Å². The summed E-state index contributed by atoms with van der Waals surface area (Å²) in [7, 11) is 0. The van der Waals surface area contributed by atoms with Gasteiger partial charge in [0.2, 0.25) is 5.69 Å². The number of aromatic nitrogens is 3. The molecule has 1 aliphatic heterocycles. The molecule has 31 heavy (non-hydrogen) atoms. The number of amides is 1. The van der Waals surface area contributed by atoms with Crippen molar-refractivity contribution >= 4 is 22.6 Å². The van der Waals surface area contributed by atoms with E-state index in [1.807, 2.05) is 11.0 Å². The number of hydrogen-bond donors (Lipinski definition) is 2. The monoisotopic (exact) mass is 432 g/mol. The Morgan fingerprint density at radius 2 is 1.90 bits per heavy atom. The van der Waals surface area contributed by atoms with Crippen LogP contribution in [0.5, 0.6) is 0 Å². The zero-order chi connectivity index (χ0) is 22.2. The van der Waals surface area contributed by atoms with Gasteiger partial charge in [-0.05, 0) is 29.8 Å². The fraction of sp³-hybridized carbons (Fsp3) is 0.300. The molecule has 3 N–H and O–H groups in total. The molecule has 0 atom stereocenters. The van der Waals surface area contributed by atoms with E-state index in [-0.39, 0.29) is 16.7 Å². The number of aromatic amines is 1. The van der Waals surface area contributed by atoms with Gasteiger partial charge >= 0.3 is 6.18 Å². The van der Waals surface area contributed by atoms with Crippen LogP contribution >= 0.6 is 0 Å². The molecule has 3 aromatic rings. The van der Waals surface area contributed by atoms with E-state index in [1.54, 1.807) is 18.2 Å². The number of nitrogens with zero attached hydrogens (tertiary/aromatic N) is 4. The first kappa shape index (κ1) is 20.8. The topological polar surface area (TPSA) is 108 Å². The van der Waals surface area contributed by atoms with Crippen molar-refractivity contribution < 1.29 is 18.0 Å². The number of carbonyl (C=O) groups excluding carboxylic acids is 1. The highest BCUT2D eigenvalue weighted by Gasteiger charge is 2.36. The Labute approximate surface area is 174 Å². The fourth-order valence-electron chi connectivity index (χ4n) is 3.67. The first-order chi connectivity index (χ1) is 14.7. The van der Waals surface area contributed by atoms with Crippen LogP contribution in [-0.2, 0) is 12.7 Å². The summed E-state index contributed by atoms with van der Waals surface area (Å²) in [6.45, 7) is 3.28. The van der Waals surface area contributed by atoms with Gasteiger partial charge in [0, 0.05) is 38.9 Å². The maximum atomic E-state index is 12.9. The van der Waals surface area contributed by atoms with Crippen LogP contribution in [0.15, 0.2) is 41.3 Å². The minimum atomic E-state index is -4.80. The number of halogens is 3. The highest BCUT2D eigenvalue weighted by atomic mass is 19.4. The second kappa shape index (κ2) is 7.99. The SMILES string of the molecule is NC(=O)c1ncccc1N1CCN(Cc2ccc3nc(C(F)(F)F)c(=O)[nH]c3c2)CC1. The zero-order valence-electron chi connectivity index (χ0n) is 16.3. The van der Waals surface area contributed by atoms with Gasteiger partial charge in [0.1, 0.15) is 0 Å². The number of anilines is 1. The van der Waals surface area contributed by atoms with E-state index >= 15 is 0 Å². The summed E-state index contributed by atoms with van der Waals surface area (Å²) in [5.74, 6) is -0.578. The van der Waals surface area contributed by atoms with Gasteiger partial charge in [-0.2, -0.15) is 13.2 Å². The summed E-state index contributed by atoms with van der Waals surface area (Å²) < 4.78 is 38.6. The average molecular weight is 432 g/mol. The number of carbonyl (C=O) groups is 1. The Kier molecular flexibility index (Phi) is 5.36. The van der Waals surface area contributed by atoms with E-state index in [2.05, 4.69) is 19.9 Å². The molecule has 2 aromatic heterocycles. The van der Waals surface area contributed by atoms with Crippen LogP contribution in [0.3, 0.4) is 0 Å². The molecule has 0 unspecified atom stereocenters. The van der Waals surface area contributed by atoms with Crippen LogP contribution in [0.1, 0.15) is 21.7 Å². The lowest BCUT2D eigenvalue weighted by molar-refractivity contribution is -0.142. The van der Waals surface area contributed by atoms with Gasteiger partial charge in [0.05, 0.1) is 16.7 Å². The third kappa shape index (κ3) is 4.36. The number of H-pyrrole nitrogens is 1. The van der Waals surface area contributed by atoms with Gasteiger partial charge in [0.25, 0.3) is 11.5 Å². The van der Waals surface area contributed by atoms with E-state index < -0.39 is 23.3 Å². The van der Waals surface area contributed by atoms with E-state index in [0.29, 0.717) is 38.4 Å². The maximum absolute atomic E-state index is 12.9. The summed E-state index contributed by atoms with van der Waals surface area (Å²) in [5.41, 5.74) is 4.82. The summed E-state index contributed by atoms with van der Waals surface area (Å²) in [6, 6.07) is 8.38. The lowest BCUT2D eigenvalue weighted by Gasteiger charge is -2.36. The molecule has 8 nitrogen and oxygen atoms in total. The molecule has 1 aromatic carbocycles. The van der Waals surface area contributed by atoms with Crippen molar-refractivity contribution in [2.45, 2.75) is 12.7 Å². The molecule has 0 radical (unpaired) electrons. The van der Waals surface area contributed by atoms with Crippen LogP contribution in [-0.4, -0.2) is 51.9 Å². The third-order valence-electron chi connectivity index (χ3n) is 5.16. The maximum Gasteiger partial charge on any atom is 0.438 e. The molecular weight excluding hydrogens is 413 g/mol. The molecule has 4 rings (SSSR count). The summed E-state index contributed by atoms with van der Waals surface area (Å²) in [5, 5.41) is 0. The molecule has 1 aliphatic rings. The lowest BCUT2D eigenvalue weighted by Crippen LogP contribution is -2.46. The number of nitrogens with one attached hydrogen (secondary N) is 1. The predicted molar refractivity (Wildman–Crippen MR) is 108 cm³/mol. The highest BCUT2D eigenvalue weighted by molar-refractivity contribution is 5.96. The van der Waals surface area contributed by atoms with Gasteiger partial charge in [0.15, 0.2) is 5.69 Å². The normalized spacial score (nSPS) is 15.4. The van der Waals surface area contributed by atoms with Crippen molar-refractivity contribution in [1.82, 2.24) is 19.9 Å². The van der Waals surface area contributed by atoms with Crippen LogP contribution in [0, 0.1) is 0 Å². The fourth-order valence-corrected chi connectivity index (χ4v) is 3.67. The first-order valence-corrected chi connectivity index (χ1v) is 9.54. The highest BCUT2D eigenvalue weighted by Crippen LogP contribution is 2.26. The zero-order valence-corrected chi connectivity index (χ0v) is 16.3. The Hall–Kier alpha value is -3.47. The number of pyridine rings is 1. The number of rotatable bonds is 4. The Bertz CT molecular complexity index is 1190. The van der Waals surface area contributed by atoms with Crippen molar-refractivity contribution in [3.63, 3.8) is 0 Å². The molecule has 0 spiro atoms. The van der Waals surface area contributed by atoms with Crippen LogP contribution in [0.2, 0.25) is 0 Å². The Balaban J connectivity index is 1.46. The number of fused-ring (bicyclic) bond motifs is 1. The quantitative estimate of drug-likeness (QED) is 0.651. The number of alkyl halides is 3. The van der Waals surface area contributed by atoms with E-state index in [0.717, 1.165) is 5.56 Å². The van der Waals surface area contributed by atoms with E-state index in [4.69, 9.17) is 5.73 Å². The third-order valence-corrected chi connectivity index (χ3v) is 5.16. The molecule has 1 fully saturated rings. The molecule has 162 valence electrons. The van der Waals surface area contributed by atoms with E-state index in [9.17, 15) is 22.8 Å². The minimum Gasteiger partial charge on any atom is -0.367 e. The second-order valence-corrected chi connectivity index (χ2v) is 7.26. The van der Waals surface area contributed by atoms with E-state index in [1.165, 1.54) is 12.3 Å². The van der Waals surface area contributed by atoms with Crippen molar-refractivity contribution in [3.05, 3.63) is 63.8 Å². The molecule has 1 saturated heterocycles. The van der Waals surface area contributed by atoms with Gasteiger partial charge < -0.3 is 15.6 Å². The predicted octanol–water partition coefficient (Wildman–Crippen LogP) is 1.76. The van der Waals surface area contributed by atoms with Crippen molar-refractivity contribution in [1.29, 1.82) is 0 Å². The number of primary amides is 1. The van der Waals surface area contributed by atoms with Gasteiger partial charge in [-0.15, -0.1) is 0 Å². The molecule has 3 heterocycles. The summed E-state index contributed by atoms with van der Waals surface area (Å²) >= 11 is 0. The van der Waals surface area contributed by atoms with Crippen LogP contribution in [0.4, 0.5) is 18.9 Å². The Morgan fingerprint density at radius 1 is 1.16 bits per heavy atom. The molecule has 11 heteroatoms. The molecule has 1 amide bonds. The molecule has 0 bridgehead atoms. The van der Waals surface area contributed by atoms with Crippen molar-refractivity contribution in [2.75, 3.05) is 31.1 Å². The molecule has 0 aliphatic carbocycles. The number of benzene rings is 1. The Morgan fingerprint density at radius 3 is 2.58 bits per heavy atom. The standard InChI is InChI=1S/C20H19F3N6O2/c21-20(22,23)17-19(31)27-14-10-12(3-4-13(14)26-17)11-28-6-8-29(9-7-28)15-2-1-5-25-16(15)18(24)30/h1-5,10H,6-9,11H2,(H2,24,30)(H,27,31). The van der Waals surface area contributed by atoms with Crippen molar-refractivity contribution in [2.24, 2.45) is 5.73 Å². The number of piperazine rings is 1. The molecule has 0 saturated carbocycles. The van der Waals surface area contributed by atoms with Gasteiger partial charge in [-0.25, -0.2) is 9.97 Å². The van der Waals surface area contributed by atoms with Gasteiger partial charge in [-0.3, -0.25) is 14.5 Å². The smallest absolute Gasteiger partial charge is 0.367 e. The second-order valence-electron chi connectivity index (χ2n) is 7.26. The minimum absolute atomic E-state index is 0.0797. The van der Waals surface area contributed by atoms with Gasteiger partial charge in [-0.1, -0.05) is 6.07 Å². The first-order valence-electron chi connectivity index (χ1n) is 9.54. The number of nitrogens with two attached hydrogens (primary N) is 1. The summed E-state index contributed by atoms with van der Waals surface area (Å²) in [4.78, 5) is 37.4. The van der Waals surface area contributed by atoms with Crippen LogP contribution < -0.4 is 16.2 Å². The largest absolute Gasteiger partial charge is 0.438 e.